The van der Waals surface area contributed by atoms with Crippen molar-refractivity contribution < 1.29 is 9.47 Å². The molecule has 8 heteroatoms. The third-order valence-electron chi connectivity index (χ3n) is 5.91. The second-order valence-electron chi connectivity index (χ2n) is 7.71. The predicted octanol–water partition coefficient (Wildman–Crippen LogP) is 1.82. The van der Waals surface area contributed by atoms with Crippen LogP contribution in [0.25, 0.3) is 0 Å². The molecule has 0 spiro atoms. The van der Waals surface area contributed by atoms with Crippen molar-refractivity contribution in [2.75, 3.05) is 32.2 Å². The summed E-state index contributed by atoms with van der Waals surface area (Å²) < 4.78 is 13.1. The molecule has 1 aliphatic heterocycles. The van der Waals surface area contributed by atoms with Gasteiger partial charge < -0.3 is 14.4 Å². The van der Waals surface area contributed by atoms with Crippen LogP contribution in [0.1, 0.15) is 30.4 Å². The summed E-state index contributed by atoms with van der Waals surface area (Å²) in [5, 5.41) is 9.49. The number of hydrogen-bond donors (Lipinski definition) is 0. The van der Waals surface area contributed by atoms with Crippen molar-refractivity contribution >= 4 is 5.82 Å². The highest BCUT2D eigenvalue weighted by Gasteiger charge is 2.25. The summed E-state index contributed by atoms with van der Waals surface area (Å²) in [6, 6.07) is 7.92. The molecule has 0 unspecified atom stereocenters. The number of benzene rings is 1. The number of aryl methyl sites for hydroxylation is 1. The Kier molecular flexibility index (Phi) is 6.50. The van der Waals surface area contributed by atoms with Gasteiger partial charge in [-0.25, -0.2) is 4.79 Å². The van der Waals surface area contributed by atoms with Gasteiger partial charge in [0.25, 0.3) is 5.56 Å². The largest absolute Gasteiger partial charge is 0.497 e. The maximum atomic E-state index is 12.3. The first-order chi connectivity index (χ1) is 14.4. The van der Waals surface area contributed by atoms with Gasteiger partial charge >= 0.3 is 5.69 Å². The van der Waals surface area contributed by atoms with Crippen molar-refractivity contribution in [3.8, 4) is 17.6 Å². The van der Waals surface area contributed by atoms with E-state index in [1.165, 1.54) is 17.2 Å². The van der Waals surface area contributed by atoms with E-state index >= 15 is 0 Å². The average Bonchev–Trinajstić information content (AvgIpc) is 2.78. The summed E-state index contributed by atoms with van der Waals surface area (Å²) in [6.45, 7) is 1.42. The van der Waals surface area contributed by atoms with Crippen molar-refractivity contribution in [3.63, 3.8) is 0 Å². The van der Waals surface area contributed by atoms with E-state index in [0.29, 0.717) is 24.8 Å². The lowest BCUT2D eigenvalue weighted by Gasteiger charge is -2.34. The molecule has 1 saturated heterocycles. The van der Waals surface area contributed by atoms with E-state index in [2.05, 4.69) is 0 Å². The Bertz CT molecular complexity index is 1050. The van der Waals surface area contributed by atoms with Gasteiger partial charge in [-0.2, -0.15) is 5.26 Å². The monoisotopic (exact) mass is 412 g/mol. The van der Waals surface area contributed by atoms with Crippen molar-refractivity contribution in [2.45, 2.75) is 25.7 Å². The van der Waals surface area contributed by atoms with Gasteiger partial charge in [0.2, 0.25) is 0 Å². The van der Waals surface area contributed by atoms with Gasteiger partial charge in [-0.05, 0) is 49.3 Å². The molecule has 2 heterocycles. The zero-order valence-electron chi connectivity index (χ0n) is 18.0. The van der Waals surface area contributed by atoms with Crippen LogP contribution >= 0.6 is 0 Å². The van der Waals surface area contributed by atoms with Crippen LogP contribution in [-0.2, 0) is 20.5 Å². The Balaban J connectivity index is 1.69. The molecule has 3 rings (SSSR count). The van der Waals surface area contributed by atoms with Gasteiger partial charge in [0, 0.05) is 33.3 Å². The summed E-state index contributed by atoms with van der Waals surface area (Å²) in [5.41, 5.74) is 0.253. The van der Waals surface area contributed by atoms with Crippen LogP contribution in [0, 0.1) is 17.2 Å². The number of aromatic nitrogens is 2. The van der Waals surface area contributed by atoms with Gasteiger partial charge in [0.1, 0.15) is 23.4 Å². The lowest BCUT2D eigenvalue weighted by atomic mass is 9.90. The van der Waals surface area contributed by atoms with Gasteiger partial charge in [0.15, 0.2) is 5.56 Å². The van der Waals surface area contributed by atoms with Crippen LogP contribution in [0.2, 0.25) is 0 Å². The Hall–Kier alpha value is -3.21. The first-order valence-electron chi connectivity index (χ1n) is 10.1. The Morgan fingerprint density at radius 2 is 1.63 bits per heavy atom. The van der Waals surface area contributed by atoms with E-state index in [-0.39, 0.29) is 5.56 Å². The van der Waals surface area contributed by atoms with E-state index in [0.717, 1.165) is 41.7 Å². The molecule has 2 aromatic rings. The van der Waals surface area contributed by atoms with E-state index in [1.807, 2.05) is 29.2 Å². The summed E-state index contributed by atoms with van der Waals surface area (Å²) in [7, 11) is 6.30. The molecule has 0 amide bonds. The van der Waals surface area contributed by atoms with Crippen LogP contribution in [0.3, 0.4) is 0 Å². The number of hydrogen-bond acceptors (Lipinski definition) is 6. The fourth-order valence-corrected chi connectivity index (χ4v) is 4.12. The molecule has 0 saturated carbocycles. The maximum absolute atomic E-state index is 12.3. The molecular formula is C22H28N4O4. The van der Waals surface area contributed by atoms with Crippen molar-refractivity contribution in [3.05, 3.63) is 50.2 Å². The average molecular weight is 412 g/mol. The SMILES string of the molecule is COc1cc(CCC2CCN(c3c(C#N)c(=O)n(C)c(=O)n3C)CC2)cc(OC)c1. The maximum Gasteiger partial charge on any atom is 0.332 e. The number of anilines is 1. The summed E-state index contributed by atoms with van der Waals surface area (Å²) in [5.74, 6) is 2.54. The third kappa shape index (κ3) is 4.20. The number of piperidine rings is 1. The summed E-state index contributed by atoms with van der Waals surface area (Å²) in [4.78, 5) is 26.7. The lowest BCUT2D eigenvalue weighted by molar-refractivity contribution is 0.375. The number of rotatable bonds is 6. The standard InChI is InChI=1S/C22H28N4O4/c1-24-20(19(14-23)21(27)25(2)22(24)28)26-9-7-15(8-10-26)5-6-16-11-17(29-3)13-18(12-16)30-4/h11-13,15H,5-10H2,1-4H3. The zero-order chi connectivity index (χ0) is 21.8. The minimum atomic E-state index is -0.537. The highest BCUT2D eigenvalue weighted by Crippen LogP contribution is 2.28. The molecule has 1 fully saturated rings. The van der Waals surface area contributed by atoms with Crippen molar-refractivity contribution in [1.29, 1.82) is 5.26 Å². The minimum Gasteiger partial charge on any atom is -0.497 e. The second-order valence-corrected chi connectivity index (χ2v) is 7.71. The molecule has 0 bridgehead atoms. The topological polar surface area (TPSA) is 89.5 Å². The summed E-state index contributed by atoms with van der Waals surface area (Å²) in [6.07, 6.45) is 3.83. The molecule has 0 N–H and O–H groups in total. The van der Waals surface area contributed by atoms with Crippen LogP contribution in [0.5, 0.6) is 11.5 Å². The van der Waals surface area contributed by atoms with Gasteiger partial charge in [-0.15, -0.1) is 0 Å². The fraction of sp³-hybridized carbons (Fsp3) is 0.500. The molecule has 0 atom stereocenters. The van der Waals surface area contributed by atoms with Crippen molar-refractivity contribution in [2.24, 2.45) is 20.0 Å². The first-order valence-corrected chi connectivity index (χ1v) is 10.1. The number of nitriles is 1. The number of nitrogens with zero attached hydrogens (tertiary/aromatic N) is 4. The molecule has 0 radical (unpaired) electrons. The molecule has 8 nitrogen and oxygen atoms in total. The zero-order valence-corrected chi connectivity index (χ0v) is 18.0. The van der Waals surface area contributed by atoms with E-state index in [1.54, 1.807) is 21.3 Å². The van der Waals surface area contributed by atoms with Crippen molar-refractivity contribution in [1.82, 2.24) is 9.13 Å². The fourth-order valence-electron chi connectivity index (χ4n) is 4.12. The Morgan fingerprint density at radius 1 is 1.03 bits per heavy atom. The number of ether oxygens (including phenoxy) is 2. The highest BCUT2D eigenvalue weighted by atomic mass is 16.5. The minimum absolute atomic E-state index is 0.0292. The molecule has 30 heavy (non-hydrogen) atoms. The predicted molar refractivity (Wildman–Crippen MR) is 114 cm³/mol. The van der Waals surface area contributed by atoms with E-state index < -0.39 is 11.2 Å². The molecular weight excluding hydrogens is 384 g/mol. The quantitative estimate of drug-likeness (QED) is 0.719. The molecule has 0 aliphatic carbocycles. The van der Waals surface area contributed by atoms with Gasteiger partial charge in [-0.3, -0.25) is 13.9 Å². The molecule has 160 valence electrons. The second kappa shape index (κ2) is 9.08. The normalized spacial score (nSPS) is 14.4. The summed E-state index contributed by atoms with van der Waals surface area (Å²) >= 11 is 0. The Morgan fingerprint density at radius 3 is 2.17 bits per heavy atom. The Labute approximate surface area is 175 Å². The lowest BCUT2D eigenvalue weighted by Crippen LogP contribution is -2.44. The smallest absolute Gasteiger partial charge is 0.332 e. The van der Waals surface area contributed by atoms with Crippen LogP contribution in [0.4, 0.5) is 5.82 Å². The molecule has 1 aromatic carbocycles. The van der Waals surface area contributed by atoms with Crippen LogP contribution in [-0.4, -0.2) is 36.4 Å². The van der Waals surface area contributed by atoms with Gasteiger partial charge in [-0.1, -0.05) is 0 Å². The molecule has 1 aliphatic rings. The first kappa shape index (κ1) is 21.5. The van der Waals surface area contributed by atoms with E-state index in [4.69, 9.17) is 9.47 Å². The highest BCUT2D eigenvalue weighted by molar-refractivity contribution is 5.53. The number of methoxy groups -OCH3 is 2. The third-order valence-corrected chi connectivity index (χ3v) is 5.91. The van der Waals surface area contributed by atoms with Crippen LogP contribution in [0.15, 0.2) is 27.8 Å². The van der Waals surface area contributed by atoms with Crippen LogP contribution < -0.4 is 25.6 Å². The van der Waals surface area contributed by atoms with E-state index in [9.17, 15) is 14.9 Å². The molecule has 1 aromatic heterocycles. The van der Waals surface area contributed by atoms with Gasteiger partial charge in [0.05, 0.1) is 14.2 Å².